The van der Waals surface area contributed by atoms with Crippen LogP contribution in [0, 0.1) is 36.3 Å². The van der Waals surface area contributed by atoms with Gasteiger partial charge in [-0.1, -0.05) is 37.3 Å². The quantitative estimate of drug-likeness (QED) is 0.112. The number of nitrogens with one attached hydrogen (secondary N) is 2. The third-order valence-electron chi connectivity index (χ3n) is 16.3. The van der Waals surface area contributed by atoms with Crippen LogP contribution in [0.25, 0.3) is 17.2 Å². The van der Waals surface area contributed by atoms with Gasteiger partial charge in [0.1, 0.15) is 24.3 Å². The maximum atomic E-state index is 16.5. The van der Waals surface area contributed by atoms with E-state index in [1.807, 2.05) is 48.2 Å². The Hall–Kier alpha value is -6.24. The zero-order valence-electron chi connectivity index (χ0n) is 41.0. The van der Waals surface area contributed by atoms with Crippen molar-refractivity contribution in [2.24, 2.45) is 30.5 Å². The number of aryl methyl sites for hydroxylation is 1. The van der Waals surface area contributed by atoms with E-state index < -0.39 is 41.3 Å². The molecule has 1 saturated carbocycles. The molecule has 382 valence electrons. The van der Waals surface area contributed by atoms with Crippen molar-refractivity contribution in [2.45, 2.75) is 88.9 Å². The van der Waals surface area contributed by atoms with Crippen LogP contribution in [0.1, 0.15) is 96.1 Å². The minimum absolute atomic E-state index is 0.0663. The van der Waals surface area contributed by atoms with E-state index in [9.17, 15) is 24.3 Å². The largest absolute Gasteiger partial charge is 0.488 e. The van der Waals surface area contributed by atoms with Crippen molar-refractivity contribution in [1.82, 2.24) is 30.2 Å². The highest BCUT2D eigenvalue weighted by molar-refractivity contribution is 6.05. The Morgan fingerprint density at radius 2 is 1.75 bits per heavy atom. The maximum Gasteiger partial charge on any atom is 0.329 e. The zero-order valence-corrected chi connectivity index (χ0v) is 41.0. The second-order valence-corrected chi connectivity index (χ2v) is 20.6. The summed E-state index contributed by atoms with van der Waals surface area (Å²) in [6.07, 6.45) is 5.77. The fourth-order valence-electron chi connectivity index (χ4n) is 12.3. The zero-order chi connectivity index (χ0) is 50.6. The van der Waals surface area contributed by atoms with Crippen LogP contribution in [0.5, 0.6) is 11.5 Å². The number of benzene rings is 3. The van der Waals surface area contributed by atoms with Crippen molar-refractivity contribution in [3.8, 4) is 22.6 Å². The van der Waals surface area contributed by atoms with Crippen molar-refractivity contribution in [2.75, 3.05) is 63.9 Å². The number of hydrogen-bond acceptors (Lipinski definition) is 10. The molecule has 6 aliphatic rings. The Labute approximate surface area is 416 Å². The number of primary amides is 1. The Morgan fingerprint density at radius 3 is 2.44 bits per heavy atom. The minimum atomic E-state index is -1.17. The van der Waals surface area contributed by atoms with E-state index in [1.54, 1.807) is 11.7 Å². The molecular weight excluding hydrogens is 930 g/mol. The van der Waals surface area contributed by atoms with Crippen LogP contribution in [-0.2, 0) is 28.7 Å². The summed E-state index contributed by atoms with van der Waals surface area (Å²) in [5, 5.41) is 20.0. The fraction of sp³-hybridized carbons (Fsp3) is 0.500. The molecule has 4 fully saturated rings. The Balaban J connectivity index is 0.737. The lowest BCUT2D eigenvalue weighted by Gasteiger charge is -2.45. The van der Waals surface area contributed by atoms with E-state index in [-0.39, 0.29) is 96.0 Å². The summed E-state index contributed by atoms with van der Waals surface area (Å²) in [5.41, 5.74) is 8.36. The van der Waals surface area contributed by atoms with Crippen molar-refractivity contribution >= 4 is 35.6 Å². The highest BCUT2D eigenvalue weighted by atomic mass is 19.1. The number of hydrogen-bond donors (Lipinski definition) is 4. The van der Waals surface area contributed by atoms with Crippen LogP contribution in [0.3, 0.4) is 0 Å². The first-order valence-electron chi connectivity index (χ1n) is 25.4. The number of halogens is 3. The topological polar surface area (TPSA) is 185 Å². The van der Waals surface area contributed by atoms with Crippen molar-refractivity contribution in [3.05, 3.63) is 99.2 Å². The average Bonchev–Trinajstić information content (AvgIpc) is 3.83. The number of likely N-dealkylation sites (tertiary alicyclic amines) is 2. The number of carbonyl (C=O) groups excluding carboxylic acids is 4. The lowest BCUT2D eigenvalue weighted by Crippen LogP contribution is -2.56. The van der Waals surface area contributed by atoms with Gasteiger partial charge in [-0.15, -0.1) is 0 Å². The van der Waals surface area contributed by atoms with Crippen LogP contribution in [0.15, 0.2) is 54.1 Å². The number of aromatic nitrogens is 2. The van der Waals surface area contributed by atoms with Crippen LogP contribution >= 0.6 is 0 Å². The molecule has 3 atom stereocenters. The average molecular weight is 993 g/mol. The Kier molecular flexibility index (Phi) is 13.7. The van der Waals surface area contributed by atoms with Gasteiger partial charge in [-0.3, -0.25) is 29.3 Å². The van der Waals surface area contributed by atoms with Gasteiger partial charge in [-0.25, -0.2) is 18.0 Å². The first-order valence-corrected chi connectivity index (χ1v) is 25.4. The number of anilines is 1. The lowest BCUT2D eigenvalue weighted by atomic mass is 9.76. The van der Waals surface area contributed by atoms with E-state index in [4.69, 9.17) is 15.2 Å². The summed E-state index contributed by atoms with van der Waals surface area (Å²) in [4.78, 5) is 56.8. The molecule has 10 rings (SSSR count). The summed E-state index contributed by atoms with van der Waals surface area (Å²) < 4.78 is 62.5. The van der Waals surface area contributed by atoms with Gasteiger partial charge in [0.2, 0.25) is 17.7 Å². The van der Waals surface area contributed by atoms with Gasteiger partial charge in [-0.2, -0.15) is 5.10 Å². The molecular formula is C54H63F3N8O7. The molecule has 72 heavy (non-hydrogen) atoms. The van der Waals surface area contributed by atoms with Crippen LogP contribution in [-0.4, -0.2) is 120 Å². The number of urea groups is 1. The second-order valence-electron chi connectivity index (χ2n) is 20.6. The molecule has 3 unspecified atom stereocenters. The second kappa shape index (κ2) is 20.0. The predicted octanol–water partition coefficient (Wildman–Crippen LogP) is 6.28. The molecule has 0 radical (unpaired) electrons. The lowest BCUT2D eigenvalue weighted by molar-refractivity contribution is -0.143. The van der Waals surface area contributed by atoms with E-state index in [0.717, 1.165) is 88.1 Å². The summed E-state index contributed by atoms with van der Waals surface area (Å²) in [6, 6.07) is 13.1. The van der Waals surface area contributed by atoms with Crippen molar-refractivity contribution < 1.29 is 46.9 Å². The molecule has 18 heteroatoms. The Morgan fingerprint density at radius 1 is 1.01 bits per heavy atom. The van der Waals surface area contributed by atoms with Crippen LogP contribution in [0.2, 0.25) is 0 Å². The number of aliphatic hydroxyl groups is 1. The van der Waals surface area contributed by atoms with Crippen LogP contribution < -0.4 is 30.7 Å². The van der Waals surface area contributed by atoms with Crippen molar-refractivity contribution in [1.29, 1.82) is 0 Å². The monoisotopic (exact) mass is 992 g/mol. The molecule has 0 spiro atoms. The number of aliphatic hydroxyl groups excluding tert-OH is 1. The number of fused-ring (bicyclic) bond motifs is 2. The number of rotatable bonds is 14. The number of imide groups is 1. The standard InChI is InChI=1S/C54H63F3N8O7/c1-30-40(55)25-44-47(46(30)48-37(50(58)68)13-14-43(49(48)57)71-22-21-66)31(2)54(72-44,35-7-5-4-6-8-35)29-59-36-11-9-34(10-12-36)52(69)64-27-32(28-64)26-63-18-15-33(16-19-63)38-24-42-39(23-41(38)56)51(61-62(42)3)65-20-17-45(67)60-53(65)70/h4-8,13-14,24-25,31-34,36,41,59,66H,9-12,15-23,26-29H2,1-3H3,(H2,58,68)(H,60,67,70). The van der Waals surface area contributed by atoms with Gasteiger partial charge < -0.3 is 35.4 Å². The number of carbonyl (C=O) groups is 4. The summed E-state index contributed by atoms with van der Waals surface area (Å²) in [7, 11) is 1.80. The first-order chi connectivity index (χ1) is 34.6. The van der Waals surface area contributed by atoms with Gasteiger partial charge >= 0.3 is 6.03 Å². The normalized spacial score (nSPS) is 24.8. The number of alkyl halides is 1. The van der Waals surface area contributed by atoms with E-state index in [2.05, 4.69) is 20.6 Å². The minimum Gasteiger partial charge on any atom is -0.488 e. The molecule has 15 nitrogen and oxygen atoms in total. The molecule has 4 aliphatic heterocycles. The number of amides is 5. The molecule has 3 saturated heterocycles. The molecule has 2 aliphatic carbocycles. The SMILES string of the molecule is Cc1c(F)cc2c(c1-c1c(C(N)=O)ccc(OCCO)c1F)C(C)C(CNC1CCC(C(=O)N3CC(CN4CCC(C5=Cc6c(c(N7CCC(=O)NC7=O)nn6C)CC5F)CC4)C3)CC1)(c1ccccc1)O2. The number of allylic oxidation sites excluding steroid dienone is 1. The number of nitrogens with zero attached hydrogens (tertiary/aromatic N) is 5. The summed E-state index contributed by atoms with van der Waals surface area (Å²) in [6.45, 7) is 7.55. The Bertz CT molecular complexity index is 2800. The summed E-state index contributed by atoms with van der Waals surface area (Å²) >= 11 is 0. The molecule has 5 heterocycles. The van der Waals surface area contributed by atoms with Gasteiger partial charge in [0.25, 0.3) is 0 Å². The van der Waals surface area contributed by atoms with E-state index >= 15 is 13.2 Å². The number of nitrogens with two attached hydrogens (primary N) is 1. The van der Waals surface area contributed by atoms with E-state index in [1.165, 1.54) is 30.0 Å². The van der Waals surface area contributed by atoms with Gasteiger partial charge in [-0.05, 0) is 105 Å². The number of ether oxygens (including phenoxy) is 2. The van der Waals surface area contributed by atoms with Gasteiger partial charge in [0, 0.05) is 99.2 Å². The predicted molar refractivity (Wildman–Crippen MR) is 263 cm³/mol. The molecule has 3 aromatic carbocycles. The van der Waals surface area contributed by atoms with E-state index in [0.29, 0.717) is 29.4 Å². The molecule has 1 aromatic heterocycles. The smallest absolute Gasteiger partial charge is 0.329 e. The fourth-order valence-corrected chi connectivity index (χ4v) is 12.3. The van der Waals surface area contributed by atoms with Gasteiger partial charge in [0.05, 0.1) is 17.9 Å². The molecule has 4 aromatic rings. The molecule has 0 bridgehead atoms. The van der Waals surface area contributed by atoms with Crippen molar-refractivity contribution in [3.63, 3.8) is 0 Å². The molecule has 5 N–H and O–H groups in total. The third-order valence-corrected chi connectivity index (χ3v) is 16.3. The third kappa shape index (κ3) is 9.03. The first kappa shape index (κ1) is 49.3. The molecule has 5 amide bonds. The highest BCUT2D eigenvalue weighted by Gasteiger charge is 2.50. The van der Waals surface area contributed by atoms with Gasteiger partial charge in [0.15, 0.2) is 23.0 Å². The number of piperidine rings is 1. The highest BCUT2D eigenvalue weighted by Crippen LogP contribution is 2.56. The maximum absolute atomic E-state index is 16.5. The summed E-state index contributed by atoms with van der Waals surface area (Å²) in [5.74, 6) is -2.16. The van der Waals surface area contributed by atoms with Crippen LogP contribution in [0.4, 0.5) is 23.8 Å².